The van der Waals surface area contributed by atoms with Gasteiger partial charge in [0.15, 0.2) is 5.96 Å². The number of phenols is 1. The molecule has 7 aromatic rings. The molecule has 15 amide bonds. The lowest BCUT2D eigenvalue weighted by Crippen LogP contribution is -2.62. The fraction of sp³-hybridized carbons (Fsp3) is 0.443. The second-order valence-electron chi connectivity index (χ2n) is 31.7. The van der Waals surface area contributed by atoms with E-state index < -0.39 is 217 Å². The molecule has 0 bridgehead atoms. The molecular weight excluding hydrogens is 1790 g/mol. The molecule has 3 aromatic heterocycles. The van der Waals surface area contributed by atoms with Gasteiger partial charge in [-0.05, 0) is 117 Å². The highest BCUT2D eigenvalue weighted by molar-refractivity contribution is 7.80. The molecule has 0 fully saturated rings. The van der Waals surface area contributed by atoms with Crippen molar-refractivity contribution >= 4 is 154 Å². The number of carbonyl (C=O) groups excluding carboxylic acids is 15. The summed E-state index contributed by atoms with van der Waals surface area (Å²) in [6.45, 7) is 0.907. The maximum Gasteiger partial charge on any atom is 0.326 e. The number of carboxylic acids is 2. The maximum atomic E-state index is 15.5. The summed E-state index contributed by atoms with van der Waals surface area (Å²) in [4.78, 5) is 250. The Morgan fingerprint density at radius 1 is 0.422 bits per heavy atom. The highest BCUT2D eigenvalue weighted by Crippen LogP contribution is 2.23. The van der Waals surface area contributed by atoms with Crippen LogP contribution < -0.4 is 103 Å². The second-order valence-corrected chi connectivity index (χ2v) is 32.5. The molecule has 0 aliphatic heterocycles. The number of amides is 15. The van der Waals surface area contributed by atoms with E-state index in [9.17, 15) is 77.6 Å². The molecule has 135 heavy (non-hydrogen) atoms. The number of primary amides is 1. The average molecular weight is 1910 g/mol. The number of thiol groups is 2. The predicted octanol–water partition coefficient (Wildman–Crippen LogP) is -3.73. The Bertz CT molecular complexity index is 5180. The first-order chi connectivity index (χ1) is 64.6. The van der Waals surface area contributed by atoms with Crippen molar-refractivity contribution in [1.82, 2.24) is 99.7 Å². The first-order valence-electron chi connectivity index (χ1n) is 43.7. The van der Waals surface area contributed by atoms with Crippen LogP contribution in [0.3, 0.4) is 0 Å². The number of aromatic amines is 3. The van der Waals surface area contributed by atoms with E-state index in [1.54, 1.807) is 85.1 Å². The van der Waals surface area contributed by atoms with Crippen molar-refractivity contribution in [2.45, 2.75) is 189 Å². The van der Waals surface area contributed by atoms with Crippen LogP contribution in [0, 0.1) is 5.41 Å². The Kier molecular flexibility index (Phi) is 45.2. The Balaban J connectivity index is 1.12. The number of fused-ring (bicyclic) bond motifs is 2. The van der Waals surface area contributed by atoms with E-state index in [1.807, 2.05) is 0 Å². The third kappa shape index (κ3) is 37.4. The minimum atomic E-state index is -2.00. The molecule has 3 heterocycles. The number of guanidine groups is 1. The minimum absolute atomic E-state index is 0.00797. The molecule has 0 aliphatic rings. The number of nitrogens with zero attached hydrogens (tertiary/aromatic N) is 1. The monoisotopic (exact) mass is 1910 g/mol. The zero-order chi connectivity index (χ0) is 98.5. The zero-order valence-electron chi connectivity index (χ0n) is 74.3. The van der Waals surface area contributed by atoms with E-state index in [2.05, 4.69) is 125 Å². The van der Waals surface area contributed by atoms with E-state index in [0.717, 1.165) is 6.92 Å². The molecule has 12 atom stereocenters. The van der Waals surface area contributed by atoms with Crippen LogP contribution in [-0.2, 0) is 118 Å². The van der Waals surface area contributed by atoms with Gasteiger partial charge in [-0.3, -0.25) is 82.1 Å². The first-order valence-corrected chi connectivity index (χ1v) is 45.0. The Morgan fingerprint density at radius 3 is 1.33 bits per heavy atom. The fourth-order valence-corrected chi connectivity index (χ4v) is 14.7. The van der Waals surface area contributed by atoms with Crippen LogP contribution in [-0.4, -0.2) is 272 Å². The van der Waals surface area contributed by atoms with E-state index in [4.69, 9.17) is 33.1 Å². The number of imidazole rings is 1. The maximum absolute atomic E-state index is 15.5. The van der Waals surface area contributed by atoms with E-state index in [1.165, 1.54) is 43.0 Å². The number of nitrogens with one attached hydrogen (secondary N) is 19. The van der Waals surface area contributed by atoms with Gasteiger partial charge in [0.05, 0.1) is 32.5 Å². The van der Waals surface area contributed by atoms with Crippen LogP contribution in [0.4, 0.5) is 0 Å². The third-order valence-corrected chi connectivity index (χ3v) is 22.0. The van der Waals surface area contributed by atoms with Gasteiger partial charge >= 0.3 is 11.9 Å². The van der Waals surface area contributed by atoms with Gasteiger partial charge in [0.2, 0.25) is 88.6 Å². The van der Waals surface area contributed by atoms with Gasteiger partial charge in [-0.15, -0.1) is 0 Å². The number of unbranched alkanes of at least 4 members (excludes halogenated alkanes) is 2. The summed E-state index contributed by atoms with van der Waals surface area (Å²) in [5, 5.41) is 77.2. The average Bonchev–Trinajstić information content (AvgIpc) is 1.70. The number of ether oxygens (including phenoxy) is 1. The number of H-pyrrole nitrogens is 3. The first kappa shape index (κ1) is 108. The molecule has 4 aromatic carbocycles. The van der Waals surface area contributed by atoms with Crippen LogP contribution in [0.2, 0.25) is 0 Å². The molecule has 730 valence electrons. The number of nitrogens with two attached hydrogens (primary N) is 4. The van der Waals surface area contributed by atoms with Crippen molar-refractivity contribution in [3.8, 4) is 5.75 Å². The van der Waals surface area contributed by atoms with Crippen molar-refractivity contribution in [2.75, 3.05) is 57.4 Å². The van der Waals surface area contributed by atoms with E-state index in [0.29, 0.717) is 75.6 Å². The number of phenolic OH excluding ortho intramolecular Hbond substituents is 1. The summed E-state index contributed by atoms with van der Waals surface area (Å²) in [5.74, 6) is -18.3. The topological polar surface area (TPSA) is 729 Å². The lowest BCUT2D eigenvalue weighted by atomic mass is 10.0. The zero-order valence-corrected chi connectivity index (χ0v) is 76.1. The molecule has 7 rings (SSSR count). The van der Waals surface area contributed by atoms with Crippen molar-refractivity contribution in [3.05, 3.63) is 156 Å². The van der Waals surface area contributed by atoms with Crippen molar-refractivity contribution in [2.24, 2.45) is 22.9 Å². The van der Waals surface area contributed by atoms with Crippen molar-refractivity contribution in [3.63, 3.8) is 0 Å². The minimum Gasteiger partial charge on any atom is -0.508 e. The summed E-state index contributed by atoms with van der Waals surface area (Å²) in [6.07, 6.45) is 3.49. The normalized spacial score (nSPS) is 13.8. The van der Waals surface area contributed by atoms with Crippen LogP contribution in [0.5, 0.6) is 5.75 Å². The third-order valence-electron chi connectivity index (χ3n) is 21.3. The van der Waals surface area contributed by atoms with Gasteiger partial charge in [0.25, 0.3) is 0 Å². The molecule has 0 unspecified atom stereocenters. The number of aromatic nitrogens is 4. The van der Waals surface area contributed by atoms with Gasteiger partial charge in [0, 0.05) is 123 Å². The SMILES string of the molecule is CC(=O)N[C@@H](CS)C(=O)N[C@@H](CCCNC(=N)N)C(=O)N[C@@H](CC(=O)O)C(=O)N[C@@H](Cc1c[nH]c2ccccc12)C(=O)N[C@@H](CCC(N)=O)C(=O)N[C@@H](CS)C(=O)N[C@@H](Cc1ccc(O)cc1)C(=O)N[C@@H](Cc1c[nH]c2ccccc12)C(=O)N[C@@H](Cc1cnc[nH]1)C(=O)N[C@@H](CCCCN)C(=O)N[C@@H](Cc1ccccc1)C(=O)NCC(=O)NCCOCCC(=O)N[C@H](CCCCN)C(=O)O. The van der Waals surface area contributed by atoms with Gasteiger partial charge < -0.3 is 138 Å². The number of rotatable bonds is 61. The summed E-state index contributed by atoms with van der Waals surface area (Å²) < 4.78 is 5.47. The number of benzene rings is 4. The van der Waals surface area contributed by atoms with Gasteiger partial charge in [-0.1, -0.05) is 78.9 Å². The number of hydrogen-bond acceptors (Lipinski definition) is 25. The highest BCUT2D eigenvalue weighted by atomic mass is 32.1. The van der Waals surface area contributed by atoms with Gasteiger partial charge in [-0.25, -0.2) is 9.78 Å². The van der Waals surface area contributed by atoms with Crippen molar-refractivity contribution < 1.29 is 102 Å². The molecule has 45 nitrogen and oxygen atoms in total. The Hall–Kier alpha value is -14.2. The second kappa shape index (κ2) is 56.6. The van der Waals surface area contributed by atoms with E-state index in [-0.39, 0.29) is 109 Å². The van der Waals surface area contributed by atoms with Gasteiger partial charge in [0.1, 0.15) is 78.3 Å². The molecule has 47 heteroatoms. The molecule has 0 saturated heterocycles. The molecule has 0 saturated carbocycles. The standard InChI is InChI=1S/C88H120N24O21S2/c1-49(113)101-70(46-134)85(129)104-61(22-13-32-96-88(92)93)78(122)111-69(41-75(118)119)84(128)109-66(38-52-42-97-58-18-7-5-16-56(52)58)81(125)105-62(27-28-72(91)115)79(123)112-71(47-135)86(130)107-65(37-51-23-25-55(114)26-24-51)80(124)108-67(39-53-43-98-59-19-8-6-17-57(53)59)82(126)110-68(40-54-44-94-48-100-54)83(127)103-60(20-9-11-30-89)77(121)106-64(36-50-14-3-2-4-15-50)76(120)99-45-74(117)95-33-35-133-34-29-73(116)102-63(87(131)132)21-10-12-31-90/h2-8,14-19,23-26,42-44,48,60-71,97-98,114,134-135H,9-13,20-22,27-41,45-47,89-90H2,1H3,(H2,91,115)(H,94,100)(H,95,117)(H,99,120)(H,101,113)(H,102,116)(H,103,127)(H,104,129)(H,105,125)(H,106,121)(H,107,130)(H,108,124)(H,109,128)(H,110,126)(H,111,122)(H,112,123)(H,118,119)(H,131,132)(H4,92,93,96)/t60-,61-,62-,63+,64-,65-,66-,67-,68-,69-,70-,71-/m0/s1. The summed E-state index contributed by atoms with van der Waals surface area (Å²) in [6, 6.07) is 8.75. The van der Waals surface area contributed by atoms with Crippen molar-refractivity contribution in [1.29, 1.82) is 5.41 Å². The smallest absolute Gasteiger partial charge is 0.326 e. The lowest BCUT2D eigenvalue weighted by molar-refractivity contribution is -0.142. The highest BCUT2D eigenvalue weighted by Gasteiger charge is 2.39. The molecule has 0 radical (unpaired) electrons. The number of para-hydroxylation sites is 2. The predicted molar refractivity (Wildman–Crippen MR) is 500 cm³/mol. The van der Waals surface area contributed by atoms with Crippen LogP contribution in [0.25, 0.3) is 21.8 Å². The van der Waals surface area contributed by atoms with Gasteiger partial charge in [-0.2, -0.15) is 25.3 Å². The summed E-state index contributed by atoms with van der Waals surface area (Å²) in [5.41, 5.74) is 25.7. The van der Waals surface area contributed by atoms with E-state index >= 15 is 19.2 Å². The van der Waals surface area contributed by atoms with Crippen LogP contribution >= 0.6 is 25.3 Å². The Morgan fingerprint density at radius 2 is 0.852 bits per heavy atom. The molecule has 0 spiro atoms. The summed E-state index contributed by atoms with van der Waals surface area (Å²) in [7, 11) is 0. The number of carbonyl (C=O) groups is 17. The molecule has 30 N–H and O–H groups in total. The largest absolute Gasteiger partial charge is 0.508 e. The Labute approximate surface area is 787 Å². The molecule has 0 aliphatic carbocycles. The summed E-state index contributed by atoms with van der Waals surface area (Å²) >= 11 is 8.54. The fourth-order valence-electron chi connectivity index (χ4n) is 14.2. The van der Waals surface area contributed by atoms with Crippen LogP contribution in [0.1, 0.15) is 112 Å². The number of hydrogen-bond donors (Lipinski definition) is 28. The molecular formula is C88H120N24O21S2. The lowest BCUT2D eigenvalue weighted by Gasteiger charge is -2.28. The number of aliphatic carboxylic acids is 2. The number of aromatic hydroxyl groups is 1. The number of carboxylic acid groups (broad SMARTS) is 2. The van der Waals surface area contributed by atoms with Crippen LogP contribution in [0.15, 0.2) is 128 Å². The quantitative estimate of drug-likeness (QED) is 0.00754.